The third-order valence-electron chi connectivity index (χ3n) is 4.51. The Kier molecular flexibility index (Phi) is 5.89. The van der Waals surface area contributed by atoms with E-state index >= 15 is 0 Å². The number of carbonyl (C=O) groups is 2. The van der Waals surface area contributed by atoms with Gasteiger partial charge in [0.1, 0.15) is 5.75 Å². The predicted molar refractivity (Wildman–Crippen MR) is 100 cm³/mol. The Labute approximate surface area is 154 Å². The first-order chi connectivity index (χ1) is 12.6. The van der Waals surface area contributed by atoms with Crippen LogP contribution in [0.4, 0.5) is 0 Å². The molecule has 5 heteroatoms. The highest BCUT2D eigenvalue weighted by Gasteiger charge is 2.22. The smallest absolute Gasteiger partial charge is 0.260 e. The molecule has 1 heterocycles. The van der Waals surface area contributed by atoms with Crippen molar-refractivity contribution in [2.24, 2.45) is 0 Å². The van der Waals surface area contributed by atoms with E-state index < -0.39 is 0 Å². The van der Waals surface area contributed by atoms with E-state index in [0.717, 1.165) is 12.0 Å². The fraction of sp³-hybridized carbons (Fsp3) is 0.333. The Morgan fingerprint density at radius 3 is 2.42 bits per heavy atom. The van der Waals surface area contributed by atoms with E-state index in [4.69, 9.17) is 4.74 Å². The number of carbonyl (C=O) groups excluding carboxylic acids is 2. The molecule has 0 aromatic heterocycles. The van der Waals surface area contributed by atoms with Crippen molar-refractivity contribution in [3.63, 3.8) is 0 Å². The van der Waals surface area contributed by atoms with Crippen LogP contribution in [0.5, 0.6) is 5.75 Å². The number of rotatable bonds is 4. The lowest BCUT2D eigenvalue weighted by Crippen LogP contribution is -2.39. The summed E-state index contributed by atoms with van der Waals surface area (Å²) in [5.74, 6) is 0.686. The standard InChI is InChI=1S/C21H24N2O3/c1-17-7-5-10-19(15-17)26-16-20(24)22-11-6-12-23(14-13-22)21(25)18-8-3-2-4-9-18/h2-5,7-10,15H,6,11-14,16H2,1H3. The minimum atomic E-state index is -0.0412. The number of aryl methyl sites for hydroxylation is 1. The Balaban J connectivity index is 1.53. The second-order valence-electron chi connectivity index (χ2n) is 6.50. The summed E-state index contributed by atoms with van der Waals surface area (Å²) in [7, 11) is 0. The Morgan fingerprint density at radius 1 is 0.923 bits per heavy atom. The lowest BCUT2D eigenvalue weighted by atomic mass is 10.2. The minimum Gasteiger partial charge on any atom is -0.484 e. The number of nitrogens with zero attached hydrogens (tertiary/aromatic N) is 2. The van der Waals surface area contributed by atoms with Crippen molar-refractivity contribution in [1.29, 1.82) is 0 Å². The highest BCUT2D eigenvalue weighted by molar-refractivity contribution is 5.94. The van der Waals surface area contributed by atoms with Gasteiger partial charge in [0.2, 0.25) is 0 Å². The van der Waals surface area contributed by atoms with Crippen molar-refractivity contribution in [1.82, 2.24) is 9.80 Å². The zero-order chi connectivity index (χ0) is 18.4. The normalized spacial score (nSPS) is 14.7. The molecule has 1 aliphatic rings. The van der Waals surface area contributed by atoms with Crippen LogP contribution in [0.3, 0.4) is 0 Å². The molecule has 0 unspecified atom stereocenters. The van der Waals surface area contributed by atoms with Crippen LogP contribution in [0.25, 0.3) is 0 Å². The van der Waals surface area contributed by atoms with Crippen LogP contribution < -0.4 is 4.74 Å². The van der Waals surface area contributed by atoms with Gasteiger partial charge in [-0.2, -0.15) is 0 Å². The van der Waals surface area contributed by atoms with Crippen LogP contribution >= 0.6 is 0 Å². The Morgan fingerprint density at radius 2 is 1.65 bits per heavy atom. The van der Waals surface area contributed by atoms with Crippen molar-refractivity contribution < 1.29 is 14.3 Å². The maximum Gasteiger partial charge on any atom is 0.260 e. The highest BCUT2D eigenvalue weighted by atomic mass is 16.5. The van der Waals surface area contributed by atoms with Gasteiger partial charge >= 0.3 is 0 Å². The first-order valence-corrected chi connectivity index (χ1v) is 8.95. The van der Waals surface area contributed by atoms with Crippen LogP contribution in [0, 0.1) is 6.92 Å². The fourth-order valence-corrected chi connectivity index (χ4v) is 3.07. The van der Waals surface area contributed by atoms with E-state index in [9.17, 15) is 9.59 Å². The first-order valence-electron chi connectivity index (χ1n) is 8.95. The van der Waals surface area contributed by atoms with Gasteiger partial charge in [0.25, 0.3) is 11.8 Å². The molecule has 2 aromatic rings. The Bertz CT molecular complexity index is 761. The average molecular weight is 352 g/mol. The van der Waals surface area contributed by atoms with Gasteiger partial charge in [-0.15, -0.1) is 0 Å². The zero-order valence-electron chi connectivity index (χ0n) is 15.1. The van der Waals surface area contributed by atoms with Crippen LogP contribution in [0.15, 0.2) is 54.6 Å². The molecule has 0 bridgehead atoms. The number of benzene rings is 2. The maximum atomic E-state index is 12.6. The molecule has 1 aliphatic heterocycles. The van der Waals surface area contributed by atoms with E-state index in [0.29, 0.717) is 37.5 Å². The SMILES string of the molecule is Cc1cccc(OCC(=O)N2CCCN(C(=O)c3ccccc3)CC2)c1. The molecule has 2 aromatic carbocycles. The van der Waals surface area contributed by atoms with Gasteiger partial charge in [0, 0.05) is 31.7 Å². The molecule has 136 valence electrons. The number of ether oxygens (including phenoxy) is 1. The molecular formula is C21H24N2O3. The molecule has 1 fully saturated rings. The second-order valence-corrected chi connectivity index (χ2v) is 6.50. The van der Waals surface area contributed by atoms with Crippen molar-refractivity contribution >= 4 is 11.8 Å². The molecular weight excluding hydrogens is 328 g/mol. The van der Waals surface area contributed by atoms with Gasteiger partial charge in [-0.25, -0.2) is 0 Å². The highest BCUT2D eigenvalue weighted by Crippen LogP contribution is 2.13. The summed E-state index contributed by atoms with van der Waals surface area (Å²) in [6, 6.07) is 16.9. The summed E-state index contributed by atoms with van der Waals surface area (Å²) < 4.78 is 5.61. The van der Waals surface area contributed by atoms with Crippen LogP contribution in [0.1, 0.15) is 22.3 Å². The van der Waals surface area contributed by atoms with E-state index in [1.165, 1.54) is 0 Å². The molecule has 2 amide bonds. The summed E-state index contributed by atoms with van der Waals surface area (Å²) in [6.45, 7) is 4.40. The minimum absolute atomic E-state index is 0.0239. The number of hydrogen-bond acceptors (Lipinski definition) is 3. The second kappa shape index (κ2) is 8.52. The zero-order valence-corrected chi connectivity index (χ0v) is 15.1. The van der Waals surface area contributed by atoms with Crippen molar-refractivity contribution in [2.75, 3.05) is 32.8 Å². The maximum absolute atomic E-state index is 12.6. The van der Waals surface area contributed by atoms with Gasteiger partial charge in [0.15, 0.2) is 6.61 Å². The van der Waals surface area contributed by atoms with Gasteiger partial charge in [-0.3, -0.25) is 9.59 Å². The summed E-state index contributed by atoms with van der Waals surface area (Å²) in [5, 5.41) is 0. The van der Waals surface area contributed by atoms with E-state index in [1.54, 1.807) is 4.90 Å². The van der Waals surface area contributed by atoms with Gasteiger partial charge in [-0.05, 0) is 43.2 Å². The molecule has 0 spiro atoms. The van der Waals surface area contributed by atoms with Crippen LogP contribution in [-0.2, 0) is 4.79 Å². The molecule has 0 atom stereocenters. The molecule has 5 nitrogen and oxygen atoms in total. The summed E-state index contributed by atoms with van der Waals surface area (Å²) in [5.41, 5.74) is 1.79. The average Bonchev–Trinajstić information content (AvgIpc) is 2.92. The largest absolute Gasteiger partial charge is 0.484 e. The van der Waals surface area contributed by atoms with Gasteiger partial charge in [0.05, 0.1) is 0 Å². The molecule has 0 radical (unpaired) electrons. The predicted octanol–water partition coefficient (Wildman–Crippen LogP) is 2.75. The molecule has 26 heavy (non-hydrogen) atoms. The summed E-state index contributed by atoms with van der Waals surface area (Å²) in [4.78, 5) is 28.6. The van der Waals surface area contributed by atoms with E-state index in [1.807, 2.05) is 66.4 Å². The molecule has 0 aliphatic carbocycles. The third-order valence-corrected chi connectivity index (χ3v) is 4.51. The topological polar surface area (TPSA) is 49.9 Å². The number of hydrogen-bond donors (Lipinski definition) is 0. The lowest BCUT2D eigenvalue weighted by Gasteiger charge is -2.22. The third kappa shape index (κ3) is 4.63. The first kappa shape index (κ1) is 18.0. The Hall–Kier alpha value is -2.82. The van der Waals surface area contributed by atoms with Crippen LogP contribution in [-0.4, -0.2) is 54.4 Å². The van der Waals surface area contributed by atoms with Crippen molar-refractivity contribution in [2.45, 2.75) is 13.3 Å². The summed E-state index contributed by atoms with van der Waals surface area (Å²) >= 11 is 0. The van der Waals surface area contributed by atoms with Crippen LogP contribution in [0.2, 0.25) is 0 Å². The monoisotopic (exact) mass is 352 g/mol. The van der Waals surface area contributed by atoms with E-state index in [2.05, 4.69) is 0 Å². The van der Waals surface area contributed by atoms with E-state index in [-0.39, 0.29) is 18.4 Å². The molecule has 1 saturated heterocycles. The van der Waals surface area contributed by atoms with Gasteiger partial charge < -0.3 is 14.5 Å². The van der Waals surface area contributed by atoms with Crippen molar-refractivity contribution in [3.05, 3.63) is 65.7 Å². The lowest BCUT2D eigenvalue weighted by molar-refractivity contribution is -0.133. The number of amides is 2. The quantitative estimate of drug-likeness (QED) is 0.850. The summed E-state index contributed by atoms with van der Waals surface area (Å²) in [6.07, 6.45) is 0.773. The van der Waals surface area contributed by atoms with Gasteiger partial charge in [-0.1, -0.05) is 30.3 Å². The molecule has 3 rings (SSSR count). The molecule has 0 saturated carbocycles. The molecule has 0 N–H and O–H groups in total. The van der Waals surface area contributed by atoms with Crippen molar-refractivity contribution in [3.8, 4) is 5.75 Å². The fourth-order valence-electron chi connectivity index (χ4n) is 3.07.